The van der Waals surface area contributed by atoms with Crippen molar-refractivity contribution in [1.82, 2.24) is 0 Å². The van der Waals surface area contributed by atoms with Crippen molar-refractivity contribution in [3.63, 3.8) is 0 Å². The standard InChI is InChI=1S/C10H16/c1-5-6-10(4)8-7-9(2)3/h5-9H,4H2,1-3H3. The van der Waals surface area contributed by atoms with Gasteiger partial charge in [0.15, 0.2) is 0 Å². The van der Waals surface area contributed by atoms with Crippen molar-refractivity contribution < 1.29 is 0 Å². The van der Waals surface area contributed by atoms with E-state index in [0.29, 0.717) is 5.92 Å². The Bertz CT molecular complexity index is 147. The molecule has 0 unspecified atom stereocenters. The van der Waals surface area contributed by atoms with Crippen LogP contribution in [0.1, 0.15) is 20.8 Å². The van der Waals surface area contributed by atoms with Crippen molar-refractivity contribution in [1.29, 1.82) is 0 Å². The molecule has 0 radical (unpaired) electrons. The molecule has 0 bridgehead atoms. The van der Waals surface area contributed by atoms with Crippen LogP contribution in [0, 0.1) is 5.92 Å². The first kappa shape index (κ1) is 9.22. The molecular formula is C10H16. The highest BCUT2D eigenvalue weighted by atomic mass is 13.9. The van der Waals surface area contributed by atoms with Crippen LogP contribution in [0.5, 0.6) is 0 Å². The largest absolute Gasteiger partial charge is 0.0918 e. The van der Waals surface area contributed by atoms with Gasteiger partial charge in [0.05, 0.1) is 0 Å². The highest BCUT2D eigenvalue weighted by Crippen LogP contribution is 1.99. The molecular weight excluding hydrogens is 120 g/mol. The molecule has 0 fully saturated rings. The van der Waals surface area contributed by atoms with Gasteiger partial charge in [0.1, 0.15) is 0 Å². The van der Waals surface area contributed by atoms with E-state index in [1.165, 1.54) is 0 Å². The third-order valence-electron chi connectivity index (χ3n) is 1.08. The number of hydrogen-bond acceptors (Lipinski definition) is 0. The Morgan fingerprint density at radius 1 is 1.30 bits per heavy atom. The molecule has 0 aliphatic rings. The van der Waals surface area contributed by atoms with E-state index in [1.807, 2.05) is 25.2 Å². The zero-order valence-corrected chi connectivity index (χ0v) is 7.09. The first-order valence-electron chi connectivity index (χ1n) is 3.66. The van der Waals surface area contributed by atoms with Crippen LogP contribution >= 0.6 is 0 Å². The lowest BCUT2D eigenvalue weighted by atomic mass is 10.1. The first-order valence-corrected chi connectivity index (χ1v) is 3.66. The molecule has 0 aromatic carbocycles. The molecule has 0 saturated heterocycles. The molecule has 0 N–H and O–H groups in total. The summed E-state index contributed by atoms with van der Waals surface area (Å²) < 4.78 is 0. The fourth-order valence-electron chi connectivity index (χ4n) is 0.586. The van der Waals surface area contributed by atoms with E-state index in [9.17, 15) is 0 Å². The summed E-state index contributed by atoms with van der Waals surface area (Å²) in [6, 6.07) is 0. The van der Waals surface area contributed by atoms with Crippen LogP contribution in [0.2, 0.25) is 0 Å². The summed E-state index contributed by atoms with van der Waals surface area (Å²) in [4.78, 5) is 0. The molecule has 0 aliphatic carbocycles. The number of rotatable bonds is 3. The lowest BCUT2D eigenvalue weighted by molar-refractivity contribution is 0.831. The van der Waals surface area contributed by atoms with Crippen LogP contribution in [0.4, 0.5) is 0 Å². The second kappa shape index (κ2) is 5.04. The minimum atomic E-state index is 0.613. The Balaban J connectivity index is 3.78. The smallest absolute Gasteiger partial charge is 0.0287 e. The first-order chi connectivity index (χ1) is 4.66. The van der Waals surface area contributed by atoms with Gasteiger partial charge < -0.3 is 0 Å². The second-order valence-corrected chi connectivity index (χ2v) is 2.68. The highest BCUT2D eigenvalue weighted by molar-refractivity contribution is 5.26. The normalized spacial score (nSPS) is 12.0. The molecule has 0 heterocycles. The van der Waals surface area contributed by atoms with Crippen LogP contribution in [0.3, 0.4) is 0 Å². The summed E-state index contributed by atoms with van der Waals surface area (Å²) in [6.07, 6.45) is 8.18. The molecule has 0 aromatic heterocycles. The maximum atomic E-state index is 3.84. The zero-order chi connectivity index (χ0) is 7.98. The van der Waals surface area contributed by atoms with Crippen molar-refractivity contribution >= 4 is 0 Å². The Labute approximate surface area is 64.0 Å². The molecule has 0 aliphatic heterocycles. The molecule has 0 atom stereocenters. The summed E-state index contributed by atoms with van der Waals surface area (Å²) in [7, 11) is 0. The van der Waals surface area contributed by atoms with Crippen LogP contribution in [-0.2, 0) is 0 Å². The van der Waals surface area contributed by atoms with Gasteiger partial charge in [-0.3, -0.25) is 0 Å². The van der Waals surface area contributed by atoms with Gasteiger partial charge in [0.25, 0.3) is 0 Å². The maximum Gasteiger partial charge on any atom is -0.0287 e. The van der Waals surface area contributed by atoms with Gasteiger partial charge in [-0.1, -0.05) is 44.7 Å². The summed E-state index contributed by atoms with van der Waals surface area (Å²) in [5.74, 6) is 0.613. The van der Waals surface area contributed by atoms with Gasteiger partial charge in [-0.15, -0.1) is 0 Å². The topological polar surface area (TPSA) is 0 Å². The molecule has 0 spiro atoms. The minimum Gasteiger partial charge on any atom is -0.0918 e. The summed E-state index contributed by atoms with van der Waals surface area (Å²) in [5, 5.41) is 0. The predicted molar refractivity (Wildman–Crippen MR) is 47.9 cm³/mol. The van der Waals surface area contributed by atoms with E-state index < -0.39 is 0 Å². The van der Waals surface area contributed by atoms with Gasteiger partial charge in [0, 0.05) is 0 Å². The van der Waals surface area contributed by atoms with Crippen molar-refractivity contribution in [2.24, 2.45) is 5.92 Å². The second-order valence-electron chi connectivity index (χ2n) is 2.68. The SMILES string of the molecule is C=C(C=CC)C=CC(C)C. The molecule has 0 rings (SSSR count). The summed E-state index contributed by atoms with van der Waals surface area (Å²) in [6.45, 7) is 10.1. The molecule has 0 heteroatoms. The minimum absolute atomic E-state index is 0.613. The Hall–Kier alpha value is -0.780. The van der Waals surface area contributed by atoms with Gasteiger partial charge in [-0.2, -0.15) is 0 Å². The lowest BCUT2D eigenvalue weighted by Gasteiger charge is -1.92. The van der Waals surface area contributed by atoms with E-state index in [-0.39, 0.29) is 0 Å². The fraction of sp³-hybridized carbons (Fsp3) is 0.400. The summed E-state index contributed by atoms with van der Waals surface area (Å²) >= 11 is 0. The van der Waals surface area contributed by atoms with Crippen LogP contribution in [0.25, 0.3) is 0 Å². The molecule has 0 saturated carbocycles. The Morgan fingerprint density at radius 3 is 2.30 bits per heavy atom. The fourth-order valence-corrected chi connectivity index (χ4v) is 0.586. The van der Waals surface area contributed by atoms with Gasteiger partial charge in [-0.05, 0) is 18.4 Å². The quantitative estimate of drug-likeness (QED) is 0.522. The molecule has 56 valence electrons. The maximum absolute atomic E-state index is 3.84. The Morgan fingerprint density at radius 2 is 1.90 bits per heavy atom. The summed E-state index contributed by atoms with van der Waals surface area (Å²) in [5.41, 5.74) is 1.07. The monoisotopic (exact) mass is 136 g/mol. The van der Waals surface area contributed by atoms with Crippen molar-refractivity contribution in [2.75, 3.05) is 0 Å². The van der Waals surface area contributed by atoms with E-state index in [1.54, 1.807) is 0 Å². The van der Waals surface area contributed by atoms with Crippen LogP contribution in [0.15, 0.2) is 36.5 Å². The molecule has 0 amide bonds. The zero-order valence-electron chi connectivity index (χ0n) is 7.09. The highest BCUT2D eigenvalue weighted by Gasteiger charge is 1.82. The van der Waals surface area contributed by atoms with Crippen LogP contribution in [-0.4, -0.2) is 0 Å². The van der Waals surface area contributed by atoms with Gasteiger partial charge in [-0.25, -0.2) is 0 Å². The van der Waals surface area contributed by atoms with Crippen molar-refractivity contribution in [2.45, 2.75) is 20.8 Å². The Kier molecular flexibility index (Phi) is 4.65. The third-order valence-corrected chi connectivity index (χ3v) is 1.08. The van der Waals surface area contributed by atoms with E-state index >= 15 is 0 Å². The number of hydrogen-bond donors (Lipinski definition) is 0. The van der Waals surface area contributed by atoms with Crippen molar-refractivity contribution in [3.05, 3.63) is 36.5 Å². The third kappa shape index (κ3) is 5.36. The van der Waals surface area contributed by atoms with Crippen molar-refractivity contribution in [3.8, 4) is 0 Å². The average Bonchev–Trinajstić information content (AvgIpc) is 1.85. The van der Waals surface area contributed by atoms with Crippen LogP contribution < -0.4 is 0 Å². The number of allylic oxidation sites excluding steroid dienone is 5. The molecule has 0 aromatic rings. The van der Waals surface area contributed by atoms with E-state index in [2.05, 4.69) is 26.5 Å². The molecule has 10 heavy (non-hydrogen) atoms. The van der Waals surface area contributed by atoms with E-state index in [4.69, 9.17) is 0 Å². The van der Waals surface area contributed by atoms with E-state index in [0.717, 1.165) is 5.57 Å². The average molecular weight is 136 g/mol. The van der Waals surface area contributed by atoms with Gasteiger partial charge in [0.2, 0.25) is 0 Å². The van der Waals surface area contributed by atoms with Gasteiger partial charge >= 0.3 is 0 Å². The predicted octanol–water partition coefficient (Wildman–Crippen LogP) is 3.33. The molecule has 0 nitrogen and oxygen atoms in total. The lowest BCUT2D eigenvalue weighted by Crippen LogP contribution is -1.77.